The normalized spacial score (nSPS) is 13.0. The van der Waals surface area contributed by atoms with Crippen LogP contribution < -0.4 is 38.9 Å². The maximum atomic E-state index is 13.2. The number of carbonyl (C=O) groups is 4. The van der Waals surface area contributed by atoms with Gasteiger partial charge in [-0.3, -0.25) is 19.4 Å². The number of rotatable bonds is 19. The van der Waals surface area contributed by atoms with Crippen LogP contribution in [0.1, 0.15) is 50.5 Å². The number of amides is 3. The Bertz CT molecular complexity index is 862. The highest BCUT2D eigenvalue weighted by Gasteiger charge is 2.27. The molecule has 0 aliphatic carbocycles. The number of nitrogens with two attached hydrogens (primary N) is 4. The first-order valence-corrected chi connectivity index (χ1v) is 12.7. The van der Waals surface area contributed by atoms with E-state index in [1.165, 1.54) is 0 Å². The molecule has 3 amide bonds. The van der Waals surface area contributed by atoms with E-state index in [0.29, 0.717) is 64.4 Å². The Balaban J connectivity index is 2.83. The van der Waals surface area contributed by atoms with E-state index in [4.69, 9.17) is 22.9 Å². The molecule has 12 heteroatoms. The lowest BCUT2D eigenvalue weighted by molar-refractivity contribution is -0.132. The maximum absolute atomic E-state index is 13.2. The number of aldehydes is 1. The summed E-state index contributed by atoms with van der Waals surface area (Å²) in [6, 6.07) is 6.68. The van der Waals surface area contributed by atoms with Gasteiger partial charge in [-0.1, -0.05) is 30.3 Å². The second-order valence-electron chi connectivity index (χ2n) is 8.76. The van der Waals surface area contributed by atoms with Crippen molar-refractivity contribution in [2.45, 2.75) is 69.5 Å². The number of unbranched alkanes of at least 4 members (excludes halogenated alkanes) is 1. The van der Waals surface area contributed by atoms with E-state index >= 15 is 0 Å². The molecule has 0 saturated heterocycles. The first kappa shape index (κ1) is 31.5. The summed E-state index contributed by atoms with van der Waals surface area (Å²) in [6.07, 6.45) is 4.02. The van der Waals surface area contributed by atoms with Gasteiger partial charge < -0.3 is 43.7 Å². The first-order chi connectivity index (χ1) is 17.8. The Hall–Kier alpha value is -3.51. The number of carbonyl (C=O) groups excluding carboxylic acids is 4. The first-order valence-electron chi connectivity index (χ1n) is 12.7. The van der Waals surface area contributed by atoms with Crippen LogP contribution in [0.2, 0.25) is 0 Å². The van der Waals surface area contributed by atoms with Gasteiger partial charge in [0.15, 0.2) is 5.96 Å². The van der Waals surface area contributed by atoms with Crippen molar-refractivity contribution in [3.8, 4) is 0 Å². The molecule has 37 heavy (non-hydrogen) atoms. The number of nitrogens with one attached hydrogen (secondary N) is 3. The Labute approximate surface area is 218 Å². The van der Waals surface area contributed by atoms with Crippen LogP contribution in [-0.2, 0) is 25.6 Å². The van der Waals surface area contributed by atoms with E-state index in [0.717, 1.165) is 5.56 Å². The summed E-state index contributed by atoms with van der Waals surface area (Å²) < 4.78 is 0. The highest BCUT2D eigenvalue weighted by atomic mass is 16.2. The smallest absolute Gasteiger partial charge is 0.243 e. The molecule has 0 aliphatic heterocycles. The summed E-state index contributed by atoms with van der Waals surface area (Å²) in [5.74, 6) is -1.33. The summed E-state index contributed by atoms with van der Waals surface area (Å²) >= 11 is 0. The van der Waals surface area contributed by atoms with Crippen LogP contribution in [0.4, 0.5) is 0 Å². The standard InChI is InChI=1S/C25H42N8O4/c26-13-5-4-11-20(32-22(35)16-18-8-2-1-3-9-18)24(37)33-21(12-6-14-27)23(36)31-19(17-34)10-7-15-30-25(28)29/h1-3,8-9,17,19-21H,4-7,10-16,26-27H2,(H,31,36)(H,32,35)(H,33,37)(H4,28,29,30)/t19-,20-,21-/m0/s1. The summed E-state index contributed by atoms with van der Waals surface area (Å²) in [5.41, 5.74) is 22.6. The van der Waals surface area contributed by atoms with Crippen LogP contribution in [0.3, 0.4) is 0 Å². The fraction of sp³-hybridized carbons (Fsp3) is 0.560. The molecule has 11 N–H and O–H groups in total. The van der Waals surface area contributed by atoms with E-state index < -0.39 is 29.9 Å². The summed E-state index contributed by atoms with van der Waals surface area (Å²) in [6.45, 7) is 1.11. The minimum Gasteiger partial charge on any atom is -0.370 e. The van der Waals surface area contributed by atoms with Crippen molar-refractivity contribution in [1.82, 2.24) is 16.0 Å². The maximum Gasteiger partial charge on any atom is 0.243 e. The zero-order valence-corrected chi connectivity index (χ0v) is 21.4. The Morgan fingerprint density at radius 2 is 1.43 bits per heavy atom. The van der Waals surface area contributed by atoms with E-state index in [2.05, 4.69) is 20.9 Å². The third-order valence-electron chi connectivity index (χ3n) is 5.60. The average Bonchev–Trinajstić information content (AvgIpc) is 2.87. The van der Waals surface area contributed by atoms with Crippen LogP contribution in [0.15, 0.2) is 35.3 Å². The minimum atomic E-state index is -0.917. The van der Waals surface area contributed by atoms with Crippen molar-refractivity contribution in [3.63, 3.8) is 0 Å². The number of hydrogen-bond acceptors (Lipinski definition) is 7. The van der Waals surface area contributed by atoms with E-state index in [1.54, 1.807) is 0 Å². The molecular weight excluding hydrogens is 476 g/mol. The molecule has 0 bridgehead atoms. The molecule has 0 aliphatic rings. The molecule has 1 aromatic carbocycles. The van der Waals surface area contributed by atoms with Gasteiger partial charge in [-0.15, -0.1) is 0 Å². The molecule has 0 radical (unpaired) electrons. The largest absolute Gasteiger partial charge is 0.370 e. The highest BCUT2D eigenvalue weighted by molar-refractivity contribution is 5.93. The predicted molar refractivity (Wildman–Crippen MR) is 143 cm³/mol. The zero-order chi connectivity index (χ0) is 27.5. The third kappa shape index (κ3) is 14.0. The summed E-state index contributed by atoms with van der Waals surface area (Å²) in [4.78, 5) is 54.1. The summed E-state index contributed by atoms with van der Waals surface area (Å²) in [5, 5.41) is 8.18. The lowest BCUT2D eigenvalue weighted by Gasteiger charge is -2.24. The SMILES string of the molecule is NCCCC[C@H](NC(=O)Cc1ccccc1)C(=O)N[C@@H](CCCN)C(=O)N[C@H](C=O)CCCN=C(N)N. The monoisotopic (exact) mass is 518 g/mol. The molecule has 0 spiro atoms. The number of guanidine groups is 1. The number of benzene rings is 1. The van der Waals surface area contributed by atoms with Crippen LogP contribution in [0, 0.1) is 0 Å². The van der Waals surface area contributed by atoms with E-state index in [9.17, 15) is 19.2 Å². The molecule has 1 rings (SSSR count). The third-order valence-corrected chi connectivity index (χ3v) is 5.60. The van der Waals surface area contributed by atoms with Gasteiger partial charge in [0.2, 0.25) is 17.7 Å². The second kappa shape index (κ2) is 18.7. The molecule has 0 saturated carbocycles. The Kier molecular flexibility index (Phi) is 15.9. The molecule has 0 heterocycles. The Morgan fingerprint density at radius 3 is 2.05 bits per heavy atom. The van der Waals surface area contributed by atoms with Crippen molar-refractivity contribution >= 4 is 30.0 Å². The van der Waals surface area contributed by atoms with E-state index in [1.807, 2.05) is 30.3 Å². The topological polar surface area (TPSA) is 221 Å². The quantitative estimate of drug-likeness (QED) is 0.0509. The molecule has 206 valence electrons. The van der Waals surface area contributed by atoms with Gasteiger partial charge in [0.25, 0.3) is 0 Å². The van der Waals surface area contributed by atoms with Crippen molar-refractivity contribution in [2.24, 2.45) is 27.9 Å². The molecule has 1 aromatic rings. The molecule has 12 nitrogen and oxygen atoms in total. The van der Waals surface area contributed by atoms with Crippen LogP contribution in [0.25, 0.3) is 0 Å². The molecule has 3 atom stereocenters. The van der Waals surface area contributed by atoms with Crippen molar-refractivity contribution in [2.75, 3.05) is 19.6 Å². The van der Waals surface area contributed by atoms with Gasteiger partial charge in [-0.05, 0) is 63.6 Å². The van der Waals surface area contributed by atoms with Crippen molar-refractivity contribution in [3.05, 3.63) is 35.9 Å². The van der Waals surface area contributed by atoms with Crippen LogP contribution >= 0.6 is 0 Å². The van der Waals surface area contributed by atoms with E-state index in [-0.39, 0.29) is 24.7 Å². The lowest BCUT2D eigenvalue weighted by atomic mass is 10.0. The van der Waals surface area contributed by atoms with Crippen molar-refractivity contribution < 1.29 is 19.2 Å². The van der Waals surface area contributed by atoms with Crippen LogP contribution in [0.5, 0.6) is 0 Å². The fourth-order valence-corrected chi connectivity index (χ4v) is 3.63. The molecule has 0 aromatic heterocycles. The van der Waals surface area contributed by atoms with Gasteiger partial charge in [0.1, 0.15) is 18.4 Å². The summed E-state index contributed by atoms with van der Waals surface area (Å²) in [7, 11) is 0. The van der Waals surface area contributed by atoms with Gasteiger partial charge in [-0.25, -0.2) is 0 Å². The number of hydrogen-bond donors (Lipinski definition) is 7. The minimum absolute atomic E-state index is 0.0480. The van der Waals surface area contributed by atoms with Crippen LogP contribution in [-0.4, -0.2) is 67.7 Å². The van der Waals surface area contributed by atoms with Gasteiger partial charge >= 0.3 is 0 Å². The number of aliphatic imine (C=N–C) groups is 1. The second-order valence-corrected chi connectivity index (χ2v) is 8.76. The molecular formula is C25H42N8O4. The van der Waals surface area contributed by atoms with Gasteiger partial charge in [-0.2, -0.15) is 0 Å². The lowest BCUT2D eigenvalue weighted by Crippen LogP contribution is -2.55. The van der Waals surface area contributed by atoms with Crippen molar-refractivity contribution in [1.29, 1.82) is 0 Å². The highest BCUT2D eigenvalue weighted by Crippen LogP contribution is 2.06. The number of nitrogens with zero attached hydrogens (tertiary/aromatic N) is 1. The zero-order valence-electron chi connectivity index (χ0n) is 21.4. The Morgan fingerprint density at radius 1 is 0.811 bits per heavy atom. The van der Waals surface area contributed by atoms with Gasteiger partial charge in [0, 0.05) is 6.54 Å². The predicted octanol–water partition coefficient (Wildman–Crippen LogP) is -1.20. The molecule has 0 fully saturated rings. The van der Waals surface area contributed by atoms with Gasteiger partial charge in [0.05, 0.1) is 12.5 Å². The fourth-order valence-electron chi connectivity index (χ4n) is 3.63. The average molecular weight is 519 g/mol. The molecule has 0 unspecified atom stereocenters.